The number of likely N-dealkylation sites (tertiary alicyclic amines) is 1. The zero-order valence-corrected chi connectivity index (χ0v) is 17.2. The highest BCUT2D eigenvalue weighted by molar-refractivity contribution is 5.86. The molecule has 1 aliphatic rings. The largest absolute Gasteiger partial charge is 0.507 e. The third-order valence-corrected chi connectivity index (χ3v) is 6.12. The van der Waals surface area contributed by atoms with Crippen molar-refractivity contribution < 1.29 is 14.3 Å². The van der Waals surface area contributed by atoms with Gasteiger partial charge in [0.15, 0.2) is 0 Å². The number of nitrogens with zero attached hydrogens (tertiary/aromatic N) is 1. The average Bonchev–Trinajstić information content (AvgIpc) is 2.76. The SMILES string of the molecule is CC(=O)[C@@H](CN1CCCCC1)[C@@H](c1ccccc1)c1c(O)c2ccccc2oc1=O. The summed E-state index contributed by atoms with van der Waals surface area (Å²) in [4.78, 5) is 28.2. The quantitative estimate of drug-likeness (QED) is 0.619. The van der Waals surface area contributed by atoms with Crippen molar-refractivity contribution in [3.05, 3.63) is 76.1 Å². The van der Waals surface area contributed by atoms with E-state index < -0.39 is 17.5 Å². The molecular weight excluding hydrogens is 378 g/mol. The first kappa shape index (κ1) is 20.4. The normalized spacial score (nSPS) is 17.0. The molecule has 1 aromatic heterocycles. The average molecular weight is 405 g/mol. The first-order valence-corrected chi connectivity index (χ1v) is 10.6. The number of carbonyl (C=O) groups is 1. The van der Waals surface area contributed by atoms with Gasteiger partial charge in [0.25, 0.3) is 0 Å². The van der Waals surface area contributed by atoms with Crippen molar-refractivity contribution in [1.29, 1.82) is 0 Å². The molecule has 0 saturated carbocycles. The van der Waals surface area contributed by atoms with Gasteiger partial charge >= 0.3 is 5.63 Å². The van der Waals surface area contributed by atoms with Crippen molar-refractivity contribution >= 4 is 16.8 Å². The number of hydrogen-bond acceptors (Lipinski definition) is 5. The van der Waals surface area contributed by atoms with Crippen molar-refractivity contribution in [2.45, 2.75) is 32.1 Å². The molecule has 0 aliphatic carbocycles. The molecule has 5 nitrogen and oxygen atoms in total. The van der Waals surface area contributed by atoms with E-state index in [1.54, 1.807) is 31.2 Å². The molecule has 156 valence electrons. The van der Waals surface area contributed by atoms with Crippen molar-refractivity contribution in [3.63, 3.8) is 0 Å². The molecule has 4 rings (SSSR count). The van der Waals surface area contributed by atoms with Gasteiger partial charge in [-0.3, -0.25) is 4.79 Å². The Morgan fingerprint density at radius 1 is 1.03 bits per heavy atom. The van der Waals surface area contributed by atoms with Crippen LogP contribution in [-0.4, -0.2) is 35.4 Å². The van der Waals surface area contributed by atoms with Crippen molar-refractivity contribution in [1.82, 2.24) is 4.90 Å². The Bertz CT molecular complexity index is 1080. The molecule has 0 bridgehead atoms. The summed E-state index contributed by atoms with van der Waals surface area (Å²) in [6.07, 6.45) is 3.44. The standard InChI is InChI=1S/C25H27NO4/c1-17(27)20(16-26-14-8-3-9-15-26)22(18-10-4-2-5-11-18)23-24(28)19-12-6-7-13-21(19)30-25(23)29/h2,4-7,10-13,20,22,28H,3,8-9,14-16H2,1H3/t20-,22-/m1/s1. The van der Waals surface area contributed by atoms with E-state index in [1.165, 1.54) is 6.42 Å². The predicted octanol–water partition coefficient (Wildman–Crippen LogP) is 4.32. The summed E-state index contributed by atoms with van der Waals surface area (Å²) in [6, 6.07) is 16.4. The van der Waals surface area contributed by atoms with Gasteiger partial charge in [0.1, 0.15) is 17.1 Å². The fourth-order valence-electron chi connectivity index (χ4n) is 4.57. The summed E-state index contributed by atoms with van der Waals surface area (Å²) < 4.78 is 5.56. The van der Waals surface area contributed by atoms with E-state index in [-0.39, 0.29) is 17.1 Å². The zero-order valence-electron chi connectivity index (χ0n) is 17.2. The first-order chi connectivity index (χ1) is 14.6. The van der Waals surface area contributed by atoms with E-state index >= 15 is 0 Å². The maximum atomic E-state index is 13.0. The van der Waals surface area contributed by atoms with E-state index in [4.69, 9.17) is 4.42 Å². The predicted molar refractivity (Wildman–Crippen MR) is 117 cm³/mol. The minimum absolute atomic E-state index is 0.00128. The third kappa shape index (κ3) is 4.03. The van der Waals surface area contributed by atoms with Crippen LogP contribution in [0.15, 0.2) is 63.8 Å². The van der Waals surface area contributed by atoms with E-state index in [2.05, 4.69) is 4.90 Å². The molecule has 0 unspecified atom stereocenters. The Morgan fingerprint density at radius 3 is 2.40 bits per heavy atom. The van der Waals surface area contributed by atoms with E-state index in [9.17, 15) is 14.7 Å². The highest BCUT2D eigenvalue weighted by atomic mass is 16.4. The van der Waals surface area contributed by atoms with Crippen LogP contribution in [0.2, 0.25) is 0 Å². The molecule has 0 amide bonds. The van der Waals surface area contributed by atoms with Crippen LogP contribution in [0.5, 0.6) is 5.75 Å². The Balaban J connectivity index is 1.87. The van der Waals surface area contributed by atoms with Crippen LogP contribution in [0.4, 0.5) is 0 Å². The van der Waals surface area contributed by atoms with E-state index in [0.29, 0.717) is 17.5 Å². The molecule has 0 spiro atoms. The van der Waals surface area contributed by atoms with Crippen LogP contribution >= 0.6 is 0 Å². The van der Waals surface area contributed by atoms with Gasteiger partial charge in [-0.1, -0.05) is 48.9 Å². The van der Waals surface area contributed by atoms with E-state index in [0.717, 1.165) is 31.5 Å². The molecule has 0 radical (unpaired) electrons. The molecule has 1 N–H and O–H groups in total. The molecule has 1 saturated heterocycles. The van der Waals surface area contributed by atoms with Gasteiger partial charge in [-0.2, -0.15) is 0 Å². The van der Waals surface area contributed by atoms with Crippen LogP contribution in [-0.2, 0) is 4.79 Å². The second-order valence-electron chi connectivity index (χ2n) is 8.11. The number of ketones is 1. The maximum Gasteiger partial charge on any atom is 0.343 e. The molecule has 1 fully saturated rings. The molecule has 2 heterocycles. The van der Waals surface area contributed by atoms with Gasteiger partial charge < -0.3 is 14.4 Å². The maximum absolute atomic E-state index is 13.0. The lowest BCUT2D eigenvalue weighted by atomic mass is 9.78. The molecule has 2 aromatic carbocycles. The van der Waals surface area contributed by atoms with Gasteiger partial charge in [0.2, 0.25) is 0 Å². The summed E-state index contributed by atoms with van der Waals surface area (Å²) in [5, 5.41) is 11.6. The second kappa shape index (κ2) is 8.84. The van der Waals surface area contributed by atoms with Crippen LogP contribution in [0.3, 0.4) is 0 Å². The second-order valence-corrected chi connectivity index (χ2v) is 8.11. The summed E-state index contributed by atoms with van der Waals surface area (Å²) in [5.41, 5.74) is 0.737. The topological polar surface area (TPSA) is 70.8 Å². The van der Waals surface area contributed by atoms with Crippen LogP contribution < -0.4 is 5.63 Å². The summed E-state index contributed by atoms with van der Waals surface area (Å²) >= 11 is 0. The fraction of sp³-hybridized carbons (Fsp3) is 0.360. The van der Waals surface area contributed by atoms with Gasteiger partial charge in [0, 0.05) is 18.4 Å². The smallest absolute Gasteiger partial charge is 0.343 e. The zero-order chi connectivity index (χ0) is 21.1. The number of rotatable bonds is 6. The van der Waals surface area contributed by atoms with Crippen molar-refractivity contribution in [3.8, 4) is 5.75 Å². The van der Waals surface area contributed by atoms with Crippen molar-refractivity contribution in [2.75, 3.05) is 19.6 Å². The highest BCUT2D eigenvalue weighted by Crippen LogP contribution is 2.39. The van der Waals surface area contributed by atoms with Gasteiger partial charge in [-0.25, -0.2) is 4.79 Å². The van der Waals surface area contributed by atoms with Crippen LogP contribution in [0.25, 0.3) is 11.0 Å². The van der Waals surface area contributed by atoms with Crippen molar-refractivity contribution in [2.24, 2.45) is 5.92 Å². The number of Topliss-reactive ketones (excluding diaryl/α,β-unsaturated/α-hetero) is 1. The monoisotopic (exact) mass is 405 g/mol. The van der Waals surface area contributed by atoms with Crippen LogP contribution in [0, 0.1) is 5.92 Å². The fourth-order valence-corrected chi connectivity index (χ4v) is 4.57. The van der Waals surface area contributed by atoms with Gasteiger partial charge in [-0.05, 0) is 50.6 Å². The lowest BCUT2D eigenvalue weighted by Crippen LogP contribution is -2.39. The highest BCUT2D eigenvalue weighted by Gasteiger charge is 2.35. The van der Waals surface area contributed by atoms with Crippen LogP contribution in [0.1, 0.15) is 43.2 Å². The lowest BCUT2D eigenvalue weighted by Gasteiger charge is -2.33. The Labute approximate surface area is 175 Å². The summed E-state index contributed by atoms with van der Waals surface area (Å²) in [6.45, 7) is 4.03. The molecular formula is C25H27NO4. The Hall–Kier alpha value is -2.92. The number of benzene rings is 2. The lowest BCUT2D eigenvalue weighted by molar-refractivity contribution is -0.121. The number of fused-ring (bicyclic) bond motifs is 1. The molecule has 2 atom stereocenters. The molecule has 1 aliphatic heterocycles. The Morgan fingerprint density at radius 2 is 1.70 bits per heavy atom. The van der Waals surface area contributed by atoms with Gasteiger partial charge in [0.05, 0.1) is 10.9 Å². The Kier molecular flexibility index (Phi) is 6.00. The molecule has 30 heavy (non-hydrogen) atoms. The molecule has 5 heteroatoms. The summed E-state index contributed by atoms with van der Waals surface area (Å²) in [5.74, 6) is -1.13. The third-order valence-electron chi connectivity index (χ3n) is 6.12. The minimum Gasteiger partial charge on any atom is -0.507 e. The minimum atomic E-state index is -0.593. The molecule has 3 aromatic rings. The number of carbonyl (C=O) groups excluding carboxylic acids is 1. The first-order valence-electron chi connectivity index (χ1n) is 10.6. The van der Waals surface area contributed by atoms with E-state index in [1.807, 2.05) is 30.3 Å². The number of hydrogen-bond donors (Lipinski definition) is 1. The number of para-hydroxylation sites is 1. The number of aromatic hydroxyl groups is 1. The summed E-state index contributed by atoms with van der Waals surface area (Å²) in [7, 11) is 0. The van der Waals surface area contributed by atoms with Gasteiger partial charge in [-0.15, -0.1) is 0 Å². The number of piperidine rings is 1.